The standard InChI is InChI=1S/C14H14ClN5O/c1-3-20-13-11(8-16-20)12(18-14(15)19-13)17-9-5-4-6-10(7-9)21-2/h4-8H,3H2,1-2H3,(H,17,18,19). The van der Waals surface area contributed by atoms with Crippen molar-refractivity contribution in [2.45, 2.75) is 13.5 Å². The van der Waals surface area contributed by atoms with Crippen molar-refractivity contribution in [3.8, 4) is 5.75 Å². The molecular weight excluding hydrogens is 290 g/mol. The van der Waals surface area contributed by atoms with Crippen molar-refractivity contribution in [3.05, 3.63) is 35.7 Å². The highest BCUT2D eigenvalue weighted by molar-refractivity contribution is 6.28. The molecule has 0 saturated heterocycles. The molecule has 0 unspecified atom stereocenters. The summed E-state index contributed by atoms with van der Waals surface area (Å²) in [4.78, 5) is 8.48. The van der Waals surface area contributed by atoms with Gasteiger partial charge in [0.1, 0.15) is 11.6 Å². The predicted molar refractivity (Wildman–Crippen MR) is 82.3 cm³/mol. The Morgan fingerprint density at radius 3 is 2.95 bits per heavy atom. The third-order valence-corrected chi connectivity index (χ3v) is 3.27. The van der Waals surface area contributed by atoms with Crippen molar-refractivity contribution in [3.63, 3.8) is 0 Å². The summed E-state index contributed by atoms with van der Waals surface area (Å²) in [6.07, 6.45) is 1.73. The van der Waals surface area contributed by atoms with Crippen LogP contribution in [0.3, 0.4) is 0 Å². The second kappa shape index (κ2) is 5.57. The zero-order chi connectivity index (χ0) is 14.8. The minimum Gasteiger partial charge on any atom is -0.497 e. The van der Waals surface area contributed by atoms with Gasteiger partial charge in [-0.2, -0.15) is 15.1 Å². The molecule has 0 spiro atoms. The number of benzene rings is 1. The molecule has 0 saturated carbocycles. The average Bonchev–Trinajstić information content (AvgIpc) is 2.90. The molecule has 0 aliphatic carbocycles. The molecule has 2 heterocycles. The second-order valence-electron chi connectivity index (χ2n) is 4.40. The lowest BCUT2D eigenvalue weighted by Gasteiger charge is -2.08. The van der Waals surface area contributed by atoms with Crippen LogP contribution in [0.15, 0.2) is 30.5 Å². The van der Waals surface area contributed by atoms with Gasteiger partial charge >= 0.3 is 0 Å². The van der Waals surface area contributed by atoms with E-state index in [0.717, 1.165) is 23.4 Å². The van der Waals surface area contributed by atoms with Crippen LogP contribution in [-0.2, 0) is 6.54 Å². The predicted octanol–water partition coefficient (Wildman–Crippen LogP) is 3.25. The third-order valence-electron chi connectivity index (χ3n) is 3.10. The summed E-state index contributed by atoms with van der Waals surface area (Å²) in [5, 5.41) is 8.52. The second-order valence-corrected chi connectivity index (χ2v) is 4.73. The molecule has 1 N–H and O–H groups in total. The molecule has 6 nitrogen and oxygen atoms in total. The summed E-state index contributed by atoms with van der Waals surface area (Å²) >= 11 is 6.01. The summed E-state index contributed by atoms with van der Waals surface area (Å²) in [6, 6.07) is 7.58. The van der Waals surface area contributed by atoms with Crippen LogP contribution in [0.1, 0.15) is 6.92 Å². The van der Waals surface area contributed by atoms with E-state index in [1.54, 1.807) is 18.0 Å². The fraction of sp³-hybridized carbons (Fsp3) is 0.214. The fourth-order valence-electron chi connectivity index (χ4n) is 2.09. The Hall–Kier alpha value is -2.34. The molecule has 0 atom stereocenters. The van der Waals surface area contributed by atoms with Gasteiger partial charge in [0.2, 0.25) is 5.28 Å². The number of hydrogen-bond acceptors (Lipinski definition) is 5. The van der Waals surface area contributed by atoms with Gasteiger partial charge < -0.3 is 10.1 Å². The number of hydrogen-bond donors (Lipinski definition) is 1. The Kier molecular flexibility index (Phi) is 3.62. The van der Waals surface area contributed by atoms with E-state index in [1.165, 1.54) is 0 Å². The largest absolute Gasteiger partial charge is 0.497 e. The maximum absolute atomic E-state index is 6.01. The molecule has 1 aromatic carbocycles. The lowest BCUT2D eigenvalue weighted by atomic mass is 10.3. The number of aromatic nitrogens is 4. The Morgan fingerprint density at radius 1 is 1.33 bits per heavy atom. The number of nitrogens with zero attached hydrogens (tertiary/aromatic N) is 4. The number of ether oxygens (including phenoxy) is 1. The molecule has 0 fully saturated rings. The van der Waals surface area contributed by atoms with E-state index in [9.17, 15) is 0 Å². The zero-order valence-electron chi connectivity index (χ0n) is 11.7. The Labute approximate surface area is 126 Å². The van der Waals surface area contributed by atoms with Crippen molar-refractivity contribution in [2.75, 3.05) is 12.4 Å². The number of anilines is 2. The summed E-state index contributed by atoms with van der Waals surface area (Å²) < 4.78 is 6.99. The average molecular weight is 304 g/mol. The van der Waals surface area contributed by atoms with Crippen molar-refractivity contribution in [1.82, 2.24) is 19.7 Å². The lowest BCUT2D eigenvalue weighted by Crippen LogP contribution is -2.00. The molecule has 7 heteroatoms. The van der Waals surface area contributed by atoms with E-state index >= 15 is 0 Å². The van der Waals surface area contributed by atoms with Gasteiger partial charge in [0.25, 0.3) is 0 Å². The van der Waals surface area contributed by atoms with Crippen LogP contribution in [0.25, 0.3) is 11.0 Å². The maximum atomic E-state index is 6.01. The Morgan fingerprint density at radius 2 is 2.19 bits per heavy atom. The molecule has 3 rings (SSSR count). The molecule has 0 amide bonds. The van der Waals surface area contributed by atoms with E-state index in [2.05, 4.69) is 20.4 Å². The zero-order valence-corrected chi connectivity index (χ0v) is 12.4. The first-order chi connectivity index (χ1) is 10.2. The molecule has 21 heavy (non-hydrogen) atoms. The summed E-state index contributed by atoms with van der Waals surface area (Å²) in [5.74, 6) is 1.39. The Bertz CT molecular complexity index is 786. The van der Waals surface area contributed by atoms with Crippen molar-refractivity contribution in [2.24, 2.45) is 0 Å². The Balaban J connectivity index is 2.05. The van der Waals surface area contributed by atoms with Gasteiger partial charge in [-0.1, -0.05) is 6.07 Å². The molecule has 2 aromatic heterocycles. The number of aryl methyl sites for hydroxylation is 1. The van der Waals surface area contributed by atoms with Crippen molar-refractivity contribution in [1.29, 1.82) is 0 Å². The van der Waals surface area contributed by atoms with Crippen LogP contribution in [-0.4, -0.2) is 26.9 Å². The lowest BCUT2D eigenvalue weighted by molar-refractivity contribution is 0.415. The summed E-state index contributed by atoms with van der Waals surface area (Å²) in [6.45, 7) is 2.72. The minimum atomic E-state index is 0.183. The monoisotopic (exact) mass is 303 g/mol. The highest BCUT2D eigenvalue weighted by Gasteiger charge is 2.12. The highest BCUT2D eigenvalue weighted by atomic mass is 35.5. The fourth-order valence-corrected chi connectivity index (χ4v) is 2.26. The first-order valence-electron chi connectivity index (χ1n) is 6.51. The van der Waals surface area contributed by atoms with E-state index < -0.39 is 0 Å². The maximum Gasteiger partial charge on any atom is 0.226 e. The molecule has 108 valence electrons. The quantitative estimate of drug-likeness (QED) is 0.750. The smallest absolute Gasteiger partial charge is 0.226 e. The van der Waals surface area contributed by atoms with Crippen LogP contribution in [0.2, 0.25) is 5.28 Å². The third kappa shape index (κ3) is 2.62. The van der Waals surface area contributed by atoms with Crippen LogP contribution in [0, 0.1) is 0 Å². The van der Waals surface area contributed by atoms with Gasteiger partial charge in [0, 0.05) is 18.3 Å². The van der Waals surface area contributed by atoms with Gasteiger partial charge in [-0.15, -0.1) is 0 Å². The van der Waals surface area contributed by atoms with Gasteiger partial charge in [-0.3, -0.25) is 0 Å². The van der Waals surface area contributed by atoms with Crippen molar-refractivity contribution < 1.29 is 4.74 Å². The first kappa shape index (κ1) is 13.6. The molecule has 0 aliphatic rings. The van der Waals surface area contributed by atoms with E-state index in [0.29, 0.717) is 11.5 Å². The highest BCUT2D eigenvalue weighted by Crippen LogP contribution is 2.26. The molecule has 0 bridgehead atoms. The number of rotatable bonds is 4. The molecular formula is C14H14ClN5O. The van der Waals surface area contributed by atoms with E-state index in [4.69, 9.17) is 16.3 Å². The molecule has 0 radical (unpaired) electrons. The van der Waals surface area contributed by atoms with Gasteiger partial charge in [0.15, 0.2) is 5.65 Å². The summed E-state index contributed by atoms with van der Waals surface area (Å²) in [5.41, 5.74) is 1.57. The normalized spacial score (nSPS) is 10.8. The SMILES string of the molecule is CCn1ncc2c(Nc3cccc(OC)c3)nc(Cl)nc21. The molecule has 3 aromatic rings. The number of halogens is 1. The minimum absolute atomic E-state index is 0.183. The van der Waals surface area contributed by atoms with Crippen molar-refractivity contribution >= 4 is 34.1 Å². The van der Waals surface area contributed by atoms with Crippen LogP contribution in [0.4, 0.5) is 11.5 Å². The van der Waals surface area contributed by atoms with E-state index in [-0.39, 0.29) is 5.28 Å². The van der Waals surface area contributed by atoms with E-state index in [1.807, 2.05) is 31.2 Å². The van der Waals surface area contributed by atoms with Gasteiger partial charge in [-0.05, 0) is 30.7 Å². The summed E-state index contributed by atoms with van der Waals surface area (Å²) in [7, 11) is 1.63. The topological polar surface area (TPSA) is 64.9 Å². The van der Waals surface area contributed by atoms with Crippen LogP contribution in [0.5, 0.6) is 5.75 Å². The van der Waals surface area contributed by atoms with Gasteiger partial charge in [0.05, 0.1) is 18.7 Å². The van der Waals surface area contributed by atoms with Crippen LogP contribution >= 0.6 is 11.6 Å². The van der Waals surface area contributed by atoms with Crippen LogP contribution < -0.4 is 10.1 Å². The number of nitrogens with one attached hydrogen (secondary N) is 1. The molecule has 0 aliphatic heterocycles. The number of fused-ring (bicyclic) bond motifs is 1. The van der Waals surface area contributed by atoms with Gasteiger partial charge in [-0.25, -0.2) is 4.68 Å². The number of methoxy groups -OCH3 is 1. The first-order valence-corrected chi connectivity index (χ1v) is 6.89.